The summed E-state index contributed by atoms with van der Waals surface area (Å²) in [6.07, 6.45) is 6.57. The molecule has 0 aliphatic rings. The van der Waals surface area contributed by atoms with Crippen LogP contribution < -0.4 is 0 Å². The highest BCUT2D eigenvalue weighted by molar-refractivity contribution is 6.00. The van der Waals surface area contributed by atoms with E-state index in [9.17, 15) is 0 Å². The van der Waals surface area contributed by atoms with E-state index >= 15 is 0 Å². The zero-order chi connectivity index (χ0) is 12.3. The van der Waals surface area contributed by atoms with Gasteiger partial charge in [0, 0.05) is 17.1 Å². The molecule has 0 amide bonds. The summed E-state index contributed by atoms with van der Waals surface area (Å²) in [6.45, 7) is 11.8. The summed E-state index contributed by atoms with van der Waals surface area (Å²) in [5.41, 5.74) is 2.58. The summed E-state index contributed by atoms with van der Waals surface area (Å²) in [5, 5.41) is 7.20. The van der Waals surface area contributed by atoms with Gasteiger partial charge in [-0.25, -0.2) is 0 Å². The molecule has 2 heteroatoms. The first kappa shape index (κ1) is 16.3. The van der Waals surface area contributed by atoms with Crippen LogP contribution in [0.1, 0.15) is 48.0 Å². The highest BCUT2D eigenvalue weighted by Crippen LogP contribution is 2.02. The maximum atomic E-state index is 7.20. The number of hydrogen-bond acceptors (Lipinski definition) is 2. The molecule has 0 atom stereocenters. The first-order chi connectivity index (χ1) is 7.10. The van der Waals surface area contributed by atoms with Crippen LogP contribution >= 0.6 is 0 Å². The molecular weight excluding hydrogens is 184 g/mol. The number of nitrogens with zero attached hydrogens (tertiary/aromatic N) is 1. The van der Waals surface area contributed by atoms with Gasteiger partial charge in [-0.05, 0) is 39.3 Å². The van der Waals surface area contributed by atoms with Gasteiger partial charge in [0.15, 0.2) is 0 Å². The molecule has 0 fully saturated rings. The lowest BCUT2D eigenvalue weighted by molar-refractivity contribution is 1.06. The minimum absolute atomic E-state index is 0.549. The predicted octanol–water partition coefficient (Wildman–Crippen LogP) is 4.38. The van der Waals surface area contributed by atoms with E-state index < -0.39 is 0 Å². The molecule has 0 spiro atoms. The first-order valence-corrected chi connectivity index (χ1v) is 5.53. The molecule has 0 aromatic rings. The molecule has 0 aromatic heterocycles. The Labute approximate surface area is 94.3 Å². The van der Waals surface area contributed by atoms with Crippen molar-refractivity contribution < 1.29 is 0 Å². The van der Waals surface area contributed by atoms with E-state index in [2.05, 4.69) is 11.9 Å². The number of rotatable bonds is 4. The molecule has 0 rings (SSSR count). The second kappa shape index (κ2) is 10.9. The molecule has 0 radical (unpaired) electrons. The van der Waals surface area contributed by atoms with E-state index in [1.165, 1.54) is 0 Å². The quantitative estimate of drug-likeness (QED) is 0.665. The summed E-state index contributed by atoms with van der Waals surface area (Å²) in [4.78, 5) is 4.38. The third-order valence-electron chi connectivity index (χ3n) is 1.59. The fourth-order valence-electron chi connectivity index (χ4n) is 0.857. The van der Waals surface area contributed by atoms with Crippen LogP contribution in [0, 0.1) is 5.41 Å². The summed E-state index contributed by atoms with van der Waals surface area (Å²) >= 11 is 0. The van der Waals surface area contributed by atoms with Gasteiger partial charge in [-0.2, -0.15) is 0 Å². The van der Waals surface area contributed by atoms with Gasteiger partial charge >= 0.3 is 0 Å². The second-order valence-corrected chi connectivity index (χ2v) is 2.90. The lowest BCUT2D eigenvalue weighted by atomic mass is 10.3. The minimum Gasteiger partial charge on any atom is -0.306 e. The molecular formula is C13H24N2. The van der Waals surface area contributed by atoms with Crippen LogP contribution in [0.4, 0.5) is 0 Å². The van der Waals surface area contributed by atoms with Crippen LogP contribution in [0.5, 0.6) is 0 Å². The monoisotopic (exact) mass is 208 g/mol. The molecule has 1 N–H and O–H groups in total. The van der Waals surface area contributed by atoms with Crippen LogP contribution in [0.2, 0.25) is 0 Å². The fourth-order valence-corrected chi connectivity index (χ4v) is 0.857. The minimum atomic E-state index is 0.549. The molecule has 0 heterocycles. The van der Waals surface area contributed by atoms with Crippen molar-refractivity contribution in [2.75, 3.05) is 0 Å². The van der Waals surface area contributed by atoms with Gasteiger partial charge in [0.25, 0.3) is 0 Å². The van der Waals surface area contributed by atoms with Crippen molar-refractivity contribution in [2.24, 2.45) is 4.99 Å². The molecule has 0 unspecified atom stereocenters. The van der Waals surface area contributed by atoms with Gasteiger partial charge in [0.05, 0.1) is 0 Å². The van der Waals surface area contributed by atoms with Crippen molar-refractivity contribution in [1.29, 1.82) is 5.41 Å². The largest absolute Gasteiger partial charge is 0.306 e. The SMILES string of the molecule is CC.C\C=C(CC)/N=C(C)/C=C\C(C)=N. The van der Waals surface area contributed by atoms with Gasteiger partial charge in [0.1, 0.15) is 0 Å². The summed E-state index contributed by atoms with van der Waals surface area (Å²) in [7, 11) is 0. The Bertz CT molecular complexity index is 258. The Hall–Kier alpha value is -1.18. The zero-order valence-corrected chi connectivity index (χ0v) is 10.9. The topological polar surface area (TPSA) is 36.2 Å². The van der Waals surface area contributed by atoms with E-state index in [0.717, 1.165) is 17.8 Å². The van der Waals surface area contributed by atoms with Crippen molar-refractivity contribution in [2.45, 2.75) is 48.0 Å². The van der Waals surface area contributed by atoms with Gasteiger partial charge in [-0.1, -0.05) is 26.8 Å². The molecule has 15 heavy (non-hydrogen) atoms. The zero-order valence-electron chi connectivity index (χ0n) is 10.9. The Balaban J connectivity index is 0. The number of nitrogens with one attached hydrogen (secondary N) is 1. The summed E-state index contributed by atoms with van der Waals surface area (Å²) in [5.74, 6) is 0. The maximum absolute atomic E-state index is 7.20. The average molecular weight is 208 g/mol. The van der Waals surface area contributed by atoms with Crippen molar-refractivity contribution in [3.8, 4) is 0 Å². The highest BCUT2D eigenvalue weighted by atomic mass is 14.7. The van der Waals surface area contributed by atoms with Crippen LogP contribution in [0.3, 0.4) is 0 Å². The molecule has 0 aromatic carbocycles. The summed E-state index contributed by atoms with van der Waals surface area (Å²) < 4.78 is 0. The van der Waals surface area contributed by atoms with E-state index in [4.69, 9.17) is 5.41 Å². The lowest BCUT2D eigenvalue weighted by Gasteiger charge is -1.96. The van der Waals surface area contributed by atoms with Crippen LogP contribution in [-0.2, 0) is 0 Å². The Kier molecular flexibility index (Phi) is 11.8. The van der Waals surface area contributed by atoms with E-state index in [1.54, 1.807) is 13.0 Å². The van der Waals surface area contributed by atoms with Gasteiger partial charge in [0.2, 0.25) is 0 Å². The van der Waals surface area contributed by atoms with Crippen molar-refractivity contribution in [3.05, 3.63) is 23.9 Å². The molecule has 86 valence electrons. The molecule has 2 nitrogen and oxygen atoms in total. The highest BCUT2D eigenvalue weighted by Gasteiger charge is 1.88. The second-order valence-electron chi connectivity index (χ2n) is 2.90. The summed E-state index contributed by atoms with van der Waals surface area (Å²) in [6, 6.07) is 0. The van der Waals surface area contributed by atoms with Gasteiger partial charge in [-0.15, -0.1) is 0 Å². The van der Waals surface area contributed by atoms with Crippen molar-refractivity contribution >= 4 is 11.4 Å². The average Bonchev–Trinajstić information content (AvgIpc) is 2.25. The number of hydrogen-bond donors (Lipinski definition) is 1. The van der Waals surface area contributed by atoms with E-state index in [1.807, 2.05) is 39.8 Å². The Morgan fingerprint density at radius 2 is 1.73 bits per heavy atom. The van der Waals surface area contributed by atoms with Gasteiger partial charge in [-0.3, -0.25) is 4.99 Å². The lowest BCUT2D eigenvalue weighted by Crippen LogP contribution is -1.89. The smallest absolute Gasteiger partial charge is 0.0376 e. The maximum Gasteiger partial charge on any atom is 0.0376 e. The number of aliphatic imine (C=N–C) groups is 1. The third kappa shape index (κ3) is 10.7. The third-order valence-corrected chi connectivity index (χ3v) is 1.59. The molecule has 0 saturated carbocycles. The number of allylic oxidation sites excluding steroid dienone is 4. The van der Waals surface area contributed by atoms with E-state index in [0.29, 0.717) is 5.71 Å². The van der Waals surface area contributed by atoms with Crippen LogP contribution in [0.25, 0.3) is 0 Å². The molecule has 0 saturated heterocycles. The van der Waals surface area contributed by atoms with Gasteiger partial charge < -0.3 is 5.41 Å². The van der Waals surface area contributed by atoms with Crippen LogP contribution in [-0.4, -0.2) is 11.4 Å². The van der Waals surface area contributed by atoms with Crippen LogP contribution in [0.15, 0.2) is 28.9 Å². The fraction of sp³-hybridized carbons (Fsp3) is 0.538. The predicted molar refractivity (Wildman–Crippen MR) is 71.0 cm³/mol. The van der Waals surface area contributed by atoms with Crippen molar-refractivity contribution in [3.63, 3.8) is 0 Å². The molecule has 0 aliphatic carbocycles. The standard InChI is InChI=1S/C11H18N2.C2H6/c1-5-11(6-2)13-10(4)8-7-9(3)12;1-2/h5,7-8,12H,6H2,1-4H3;1-2H3/b8-7-,11-5-,12-9?,13-10+;. The molecule has 0 aliphatic heterocycles. The van der Waals surface area contributed by atoms with E-state index in [-0.39, 0.29) is 0 Å². The Morgan fingerprint density at radius 3 is 2.07 bits per heavy atom. The first-order valence-electron chi connectivity index (χ1n) is 5.53. The van der Waals surface area contributed by atoms with Crippen molar-refractivity contribution in [1.82, 2.24) is 0 Å². The Morgan fingerprint density at radius 1 is 1.20 bits per heavy atom. The molecule has 0 bridgehead atoms. The normalized spacial score (nSPS) is 12.4.